The highest BCUT2D eigenvalue weighted by atomic mass is 35.5. The molecule has 0 aromatic heterocycles. The summed E-state index contributed by atoms with van der Waals surface area (Å²) in [6.45, 7) is 4.76. The molecule has 2 atom stereocenters. The van der Waals surface area contributed by atoms with Crippen LogP contribution in [0.2, 0.25) is 0 Å². The molecule has 0 radical (unpaired) electrons. The van der Waals surface area contributed by atoms with E-state index < -0.39 is 6.10 Å². The maximum Gasteiger partial charge on any atom is 0.255 e. The molecular weight excluding hydrogens is 454 g/mol. The van der Waals surface area contributed by atoms with Crippen LogP contribution >= 0.6 is 12.4 Å². The summed E-state index contributed by atoms with van der Waals surface area (Å²) in [5, 5.41) is 16.9. The Bertz CT molecular complexity index is 994. The molecule has 1 fully saturated rings. The summed E-state index contributed by atoms with van der Waals surface area (Å²) in [5.41, 5.74) is 3.71. The maximum absolute atomic E-state index is 12.9. The van der Waals surface area contributed by atoms with Gasteiger partial charge < -0.3 is 25.4 Å². The number of nitrogens with zero attached hydrogens (tertiary/aromatic N) is 1. The molecule has 0 bridgehead atoms. The van der Waals surface area contributed by atoms with Crippen molar-refractivity contribution in [3.05, 3.63) is 64.7 Å². The summed E-state index contributed by atoms with van der Waals surface area (Å²) in [4.78, 5) is 27.2. The van der Waals surface area contributed by atoms with Gasteiger partial charge in [0.05, 0.1) is 24.7 Å². The third kappa shape index (κ3) is 6.29. The van der Waals surface area contributed by atoms with E-state index in [4.69, 9.17) is 4.74 Å². The summed E-state index contributed by atoms with van der Waals surface area (Å²) >= 11 is 0. The van der Waals surface area contributed by atoms with Crippen molar-refractivity contribution in [2.75, 3.05) is 26.2 Å². The largest absolute Gasteiger partial charge is 0.493 e. The van der Waals surface area contributed by atoms with Crippen molar-refractivity contribution in [1.82, 2.24) is 15.5 Å². The molecule has 2 aliphatic rings. The summed E-state index contributed by atoms with van der Waals surface area (Å²) in [6.07, 6.45) is 2.43. The second-order valence-electron chi connectivity index (χ2n) is 8.77. The van der Waals surface area contributed by atoms with Crippen LogP contribution in [0.5, 0.6) is 5.75 Å². The molecule has 184 valence electrons. The van der Waals surface area contributed by atoms with Crippen molar-refractivity contribution in [2.45, 2.75) is 51.3 Å². The van der Waals surface area contributed by atoms with Gasteiger partial charge in [-0.25, -0.2) is 0 Å². The number of rotatable bonds is 8. The Labute approximate surface area is 207 Å². The zero-order valence-corrected chi connectivity index (χ0v) is 20.4. The molecule has 2 aliphatic heterocycles. The Kier molecular flexibility index (Phi) is 9.33. The first-order chi connectivity index (χ1) is 16.0. The molecule has 0 spiro atoms. The smallest absolute Gasteiger partial charge is 0.255 e. The van der Waals surface area contributed by atoms with Gasteiger partial charge in [-0.05, 0) is 55.0 Å². The van der Waals surface area contributed by atoms with Gasteiger partial charge in [0.1, 0.15) is 5.75 Å². The molecule has 1 saturated heterocycles. The van der Waals surface area contributed by atoms with Crippen molar-refractivity contribution < 1.29 is 19.4 Å². The van der Waals surface area contributed by atoms with Gasteiger partial charge in [-0.2, -0.15) is 0 Å². The minimum absolute atomic E-state index is 0. The van der Waals surface area contributed by atoms with Gasteiger partial charge in [-0.3, -0.25) is 9.59 Å². The van der Waals surface area contributed by atoms with Crippen LogP contribution in [0.3, 0.4) is 0 Å². The normalized spacial score (nSPS) is 17.9. The van der Waals surface area contributed by atoms with Gasteiger partial charge in [0, 0.05) is 32.2 Å². The first-order valence-electron chi connectivity index (χ1n) is 11.8. The molecule has 8 heteroatoms. The number of likely N-dealkylation sites (tertiary alicyclic amines) is 1. The Morgan fingerprint density at radius 1 is 1.18 bits per heavy atom. The minimum atomic E-state index is -0.713. The Morgan fingerprint density at radius 3 is 2.65 bits per heavy atom. The van der Waals surface area contributed by atoms with Gasteiger partial charge in [-0.15, -0.1) is 12.4 Å². The van der Waals surface area contributed by atoms with Crippen LogP contribution in [0.4, 0.5) is 0 Å². The van der Waals surface area contributed by atoms with E-state index in [-0.39, 0.29) is 36.8 Å². The van der Waals surface area contributed by atoms with E-state index in [1.807, 2.05) is 24.0 Å². The fourth-order valence-electron chi connectivity index (χ4n) is 4.58. The molecule has 0 saturated carbocycles. The lowest BCUT2D eigenvalue weighted by molar-refractivity contribution is -0.129. The van der Waals surface area contributed by atoms with Gasteiger partial charge in [0.15, 0.2) is 0 Å². The predicted octanol–water partition coefficient (Wildman–Crippen LogP) is 2.48. The van der Waals surface area contributed by atoms with Gasteiger partial charge >= 0.3 is 0 Å². The van der Waals surface area contributed by atoms with E-state index in [2.05, 4.69) is 22.8 Å². The highest BCUT2D eigenvalue weighted by molar-refractivity contribution is 5.97. The summed E-state index contributed by atoms with van der Waals surface area (Å²) in [7, 11) is 0. The second-order valence-corrected chi connectivity index (χ2v) is 8.77. The zero-order chi connectivity index (χ0) is 23.2. The van der Waals surface area contributed by atoms with Crippen LogP contribution in [-0.2, 0) is 24.2 Å². The number of aliphatic hydroxyl groups is 1. The quantitative estimate of drug-likeness (QED) is 0.532. The molecule has 1 unspecified atom stereocenters. The van der Waals surface area contributed by atoms with Crippen molar-refractivity contribution in [1.29, 1.82) is 0 Å². The number of carbonyl (C=O) groups is 2. The van der Waals surface area contributed by atoms with Gasteiger partial charge in [-0.1, -0.05) is 30.3 Å². The third-order valence-electron chi connectivity index (χ3n) is 6.45. The van der Waals surface area contributed by atoms with Crippen LogP contribution in [0.15, 0.2) is 42.5 Å². The number of carbonyl (C=O) groups excluding carboxylic acids is 2. The number of halogens is 1. The van der Waals surface area contributed by atoms with E-state index in [1.54, 1.807) is 18.2 Å². The average molecular weight is 488 g/mol. The molecule has 2 aromatic carbocycles. The predicted molar refractivity (Wildman–Crippen MR) is 133 cm³/mol. The molecule has 7 nitrogen and oxygen atoms in total. The zero-order valence-electron chi connectivity index (χ0n) is 19.6. The highest BCUT2D eigenvalue weighted by Gasteiger charge is 2.25. The van der Waals surface area contributed by atoms with Crippen molar-refractivity contribution in [2.24, 2.45) is 0 Å². The SMILES string of the molecule is CCOc1cc(CC(=O)N2CCCC2)ccc1C(=O)NCC(O)[C@@H]1Cc2ccccc2CN1.Cl. The standard InChI is InChI=1S/C26H33N3O4.ClH/c1-2-33-24-13-18(14-25(31)29-11-5-6-12-29)9-10-21(24)26(32)28-17-23(30)22-15-19-7-3-4-8-20(19)16-27-22;/h3-4,7-10,13,22-23,27,30H,2,5-6,11-12,14-17H2,1H3,(H,28,32);1H/t22-,23?;/m0./s1. The van der Waals surface area contributed by atoms with E-state index in [1.165, 1.54) is 11.1 Å². The van der Waals surface area contributed by atoms with Gasteiger partial charge in [0.2, 0.25) is 5.91 Å². The Balaban J connectivity index is 0.00000324. The minimum Gasteiger partial charge on any atom is -0.493 e. The first kappa shape index (κ1) is 26.0. The van der Waals surface area contributed by atoms with Crippen molar-refractivity contribution in [3.8, 4) is 5.75 Å². The summed E-state index contributed by atoms with van der Waals surface area (Å²) in [5.74, 6) is 0.267. The van der Waals surface area contributed by atoms with Crippen LogP contribution in [0.1, 0.15) is 46.8 Å². The Morgan fingerprint density at radius 2 is 1.91 bits per heavy atom. The maximum atomic E-state index is 12.9. The molecule has 2 amide bonds. The fraction of sp³-hybridized carbons (Fsp3) is 0.462. The van der Waals surface area contributed by atoms with E-state index in [0.717, 1.165) is 37.9 Å². The first-order valence-corrected chi connectivity index (χ1v) is 11.8. The highest BCUT2D eigenvalue weighted by Crippen LogP contribution is 2.23. The number of fused-ring (bicyclic) bond motifs is 1. The third-order valence-corrected chi connectivity index (χ3v) is 6.45. The number of hydrogen-bond donors (Lipinski definition) is 3. The van der Waals surface area contributed by atoms with E-state index in [0.29, 0.717) is 30.9 Å². The fourth-order valence-corrected chi connectivity index (χ4v) is 4.58. The number of nitrogens with one attached hydrogen (secondary N) is 2. The lowest BCUT2D eigenvalue weighted by atomic mass is 9.93. The molecule has 2 heterocycles. The van der Waals surface area contributed by atoms with Crippen molar-refractivity contribution in [3.63, 3.8) is 0 Å². The second kappa shape index (κ2) is 12.2. The Hall–Kier alpha value is -2.61. The average Bonchev–Trinajstić information content (AvgIpc) is 3.38. The molecule has 0 aliphatic carbocycles. The number of aliphatic hydroxyl groups excluding tert-OH is 1. The lowest BCUT2D eigenvalue weighted by Gasteiger charge is -2.30. The lowest BCUT2D eigenvalue weighted by Crippen LogP contribution is -2.49. The summed E-state index contributed by atoms with van der Waals surface area (Å²) < 4.78 is 5.71. The number of ether oxygens (including phenoxy) is 1. The van der Waals surface area contributed by atoms with Crippen molar-refractivity contribution >= 4 is 24.2 Å². The van der Waals surface area contributed by atoms with Crippen LogP contribution < -0.4 is 15.4 Å². The van der Waals surface area contributed by atoms with Crippen LogP contribution in [0.25, 0.3) is 0 Å². The number of benzene rings is 2. The molecule has 34 heavy (non-hydrogen) atoms. The summed E-state index contributed by atoms with van der Waals surface area (Å²) in [6, 6.07) is 13.4. The topological polar surface area (TPSA) is 90.9 Å². The monoisotopic (exact) mass is 487 g/mol. The molecule has 3 N–H and O–H groups in total. The van der Waals surface area contributed by atoms with Crippen LogP contribution in [0, 0.1) is 0 Å². The number of hydrogen-bond acceptors (Lipinski definition) is 5. The molecular formula is C26H34ClN3O4. The van der Waals surface area contributed by atoms with Gasteiger partial charge in [0.25, 0.3) is 5.91 Å². The molecule has 4 rings (SSSR count). The van der Waals surface area contributed by atoms with E-state index >= 15 is 0 Å². The number of amides is 2. The molecule has 2 aromatic rings. The van der Waals surface area contributed by atoms with E-state index in [9.17, 15) is 14.7 Å². The van der Waals surface area contributed by atoms with Crippen LogP contribution in [-0.4, -0.2) is 60.2 Å².